The molecular weight excluding hydrogens is 244 g/mol. The van der Waals surface area contributed by atoms with Crippen molar-refractivity contribution >= 4 is 0 Å². The van der Waals surface area contributed by atoms with Gasteiger partial charge in [0, 0.05) is 25.7 Å². The molecule has 0 radical (unpaired) electrons. The summed E-state index contributed by atoms with van der Waals surface area (Å²) >= 11 is 0. The molecule has 0 saturated heterocycles. The number of rotatable bonds is 7. The van der Waals surface area contributed by atoms with Crippen molar-refractivity contribution in [3.8, 4) is 0 Å². The minimum atomic E-state index is 0.159. The first-order chi connectivity index (χ1) is 9.61. The fourth-order valence-corrected chi connectivity index (χ4v) is 2.93. The molecule has 0 bridgehead atoms. The van der Waals surface area contributed by atoms with Gasteiger partial charge in [0.15, 0.2) is 0 Å². The first-order valence-electron chi connectivity index (χ1n) is 8.17. The molecule has 0 heterocycles. The molecule has 110 valence electrons. The summed E-state index contributed by atoms with van der Waals surface area (Å²) < 4.78 is 0. The first-order valence-corrected chi connectivity index (χ1v) is 8.17. The number of hydrogen-bond donors (Lipinski definition) is 1. The van der Waals surface area contributed by atoms with Crippen LogP contribution < -0.4 is 5.73 Å². The third-order valence-corrected chi connectivity index (χ3v) is 4.84. The Morgan fingerprint density at radius 2 is 1.65 bits per heavy atom. The van der Waals surface area contributed by atoms with Crippen LogP contribution in [0.2, 0.25) is 0 Å². The highest BCUT2D eigenvalue weighted by atomic mass is 15.1. The van der Waals surface area contributed by atoms with E-state index >= 15 is 0 Å². The molecule has 2 nitrogen and oxygen atoms in total. The topological polar surface area (TPSA) is 29.3 Å². The van der Waals surface area contributed by atoms with Gasteiger partial charge in [0.25, 0.3) is 0 Å². The molecule has 2 aliphatic carbocycles. The summed E-state index contributed by atoms with van der Waals surface area (Å²) in [5.41, 5.74) is 10.5. The maximum absolute atomic E-state index is 6.47. The molecule has 2 aliphatic rings. The van der Waals surface area contributed by atoms with E-state index in [-0.39, 0.29) is 6.04 Å². The lowest BCUT2D eigenvalue weighted by Gasteiger charge is -2.26. The van der Waals surface area contributed by atoms with Crippen LogP contribution in [0.25, 0.3) is 0 Å². The first kappa shape index (κ1) is 14.1. The van der Waals surface area contributed by atoms with Crippen LogP contribution in [0.15, 0.2) is 18.2 Å². The Bertz CT molecular complexity index is 446. The number of nitrogens with zero attached hydrogens (tertiary/aromatic N) is 1. The molecule has 2 fully saturated rings. The van der Waals surface area contributed by atoms with Gasteiger partial charge in [-0.1, -0.05) is 18.2 Å². The van der Waals surface area contributed by atoms with E-state index in [4.69, 9.17) is 5.73 Å². The summed E-state index contributed by atoms with van der Waals surface area (Å²) in [6.07, 6.45) is 5.72. The molecule has 1 atom stereocenters. The van der Waals surface area contributed by atoms with Crippen LogP contribution in [0, 0.1) is 25.7 Å². The Hall–Kier alpha value is -0.860. The Morgan fingerprint density at radius 3 is 2.15 bits per heavy atom. The minimum absolute atomic E-state index is 0.159. The average Bonchev–Trinajstić information content (AvgIpc) is 3.28. The van der Waals surface area contributed by atoms with Crippen LogP contribution >= 0.6 is 0 Å². The SMILES string of the molecule is Cc1ccc(C(N)CN(CC2CC2)CC2CC2)cc1C. The molecule has 2 saturated carbocycles. The molecule has 1 aromatic rings. The summed E-state index contributed by atoms with van der Waals surface area (Å²) in [6, 6.07) is 6.84. The van der Waals surface area contributed by atoms with Crippen LogP contribution in [0.4, 0.5) is 0 Å². The summed E-state index contributed by atoms with van der Waals surface area (Å²) in [7, 11) is 0. The van der Waals surface area contributed by atoms with E-state index < -0.39 is 0 Å². The lowest BCUT2D eigenvalue weighted by molar-refractivity contribution is 0.238. The van der Waals surface area contributed by atoms with E-state index in [1.54, 1.807) is 0 Å². The molecule has 0 spiro atoms. The van der Waals surface area contributed by atoms with Gasteiger partial charge in [0.1, 0.15) is 0 Å². The molecule has 3 rings (SSSR count). The zero-order chi connectivity index (χ0) is 14.1. The van der Waals surface area contributed by atoms with Crippen molar-refractivity contribution in [1.29, 1.82) is 0 Å². The Labute approximate surface area is 123 Å². The molecule has 1 unspecified atom stereocenters. The highest BCUT2D eigenvalue weighted by molar-refractivity contribution is 5.31. The summed E-state index contributed by atoms with van der Waals surface area (Å²) in [5.74, 6) is 1.92. The summed E-state index contributed by atoms with van der Waals surface area (Å²) in [6.45, 7) is 7.91. The maximum Gasteiger partial charge on any atom is 0.0424 e. The van der Waals surface area contributed by atoms with Gasteiger partial charge in [-0.3, -0.25) is 0 Å². The van der Waals surface area contributed by atoms with Gasteiger partial charge in [-0.2, -0.15) is 0 Å². The van der Waals surface area contributed by atoms with Crippen LogP contribution in [0.5, 0.6) is 0 Å². The molecule has 0 aliphatic heterocycles. The standard InChI is InChI=1S/C18H28N2/c1-13-3-8-17(9-14(13)2)18(19)12-20(10-15-4-5-15)11-16-6-7-16/h3,8-9,15-16,18H,4-7,10-12,19H2,1-2H3. The molecular formula is C18H28N2. The van der Waals surface area contributed by atoms with E-state index in [0.29, 0.717) is 0 Å². The van der Waals surface area contributed by atoms with Gasteiger partial charge in [-0.05, 0) is 68.1 Å². The number of aryl methyl sites for hydroxylation is 2. The van der Waals surface area contributed by atoms with Gasteiger partial charge in [-0.15, -0.1) is 0 Å². The van der Waals surface area contributed by atoms with Gasteiger partial charge in [0.2, 0.25) is 0 Å². The third kappa shape index (κ3) is 3.83. The Morgan fingerprint density at radius 1 is 1.05 bits per heavy atom. The number of nitrogens with two attached hydrogens (primary N) is 1. The molecule has 20 heavy (non-hydrogen) atoms. The van der Waals surface area contributed by atoms with E-state index in [2.05, 4.69) is 36.9 Å². The van der Waals surface area contributed by atoms with Crippen molar-refractivity contribution in [2.75, 3.05) is 19.6 Å². The van der Waals surface area contributed by atoms with Gasteiger partial charge >= 0.3 is 0 Å². The van der Waals surface area contributed by atoms with Crippen molar-refractivity contribution < 1.29 is 0 Å². The Balaban J connectivity index is 1.61. The minimum Gasteiger partial charge on any atom is -0.323 e. The predicted octanol–water partition coefficient (Wildman–Crippen LogP) is 3.43. The largest absolute Gasteiger partial charge is 0.323 e. The molecule has 0 amide bonds. The van der Waals surface area contributed by atoms with Crippen LogP contribution in [-0.2, 0) is 0 Å². The lowest BCUT2D eigenvalue weighted by atomic mass is 10.0. The number of benzene rings is 1. The smallest absolute Gasteiger partial charge is 0.0424 e. The molecule has 1 aromatic carbocycles. The van der Waals surface area contributed by atoms with E-state index in [9.17, 15) is 0 Å². The summed E-state index contributed by atoms with van der Waals surface area (Å²) in [5, 5.41) is 0. The molecule has 2 heteroatoms. The molecule has 0 aromatic heterocycles. The average molecular weight is 272 g/mol. The van der Waals surface area contributed by atoms with Crippen molar-refractivity contribution in [2.24, 2.45) is 17.6 Å². The lowest BCUT2D eigenvalue weighted by Crippen LogP contribution is -2.35. The van der Waals surface area contributed by atoms with Crippen molar-refractivity contribution in [2.45, 2.75) is 45.6 Å². The second-order valence-electron chi connectivity index (χ2n) is 7.06. The summed E-state index contributed by atoms with van der Waals surface area (Å²) in [4.78, 5) is 2.63. The van der Waals surface area contributed by atoms with Gasteiger partial charge in [-0.25, -0.2) is 0 Å². The number of hydrogen-bond acceptors (Lipinski definition) is 2. The van der Waals surface area contributed by atoms with Crippen molar-refractivity contribution in [3.63, 3.8) is 0 Å². The molecule has 2 N–H and O–H groups in total. The van der Waals surface area contributed by atoms with E-state index in [1.807, 2.05) is 0 Å². The zero-order valence-corrected chi connectivity index (χ0v) is 12.9. The van der Waals surface area contributed by atoms with Crippen LogP contribution in [0.1, 0.15) is 48.4 Å². The second-order valence-corrected chi connectivity index (χ2v) is 7.06. The van der Waals surface area contributed by atoms with Crippen molar-refractivity contribution in [3.05, 3.63) is 34.9 Å². The van der Waals surface area contributed by atoms with Gasteiger partial charge in [0.05, 0.1) is 0 Å². The highest BCUT2D eigenvalue weighted by Gasteiger charge is 2.29. The zero-order valence-electron chi connectivity index (χ0n) is 12.9. The van der Waals surface area contributed by atoms with Crippen LogP contribution in [0.3, 0.4) is 0 Å². The van der Waals surface area contributed by atoms with E-state index in [1.165, 1.54) is 55.5 Å². The predicted molar refractivity (Wildman–Crippen MR) is 84.7 cm³/mol. The Kier molecular flexibility index (Phi) is 4.13. The van der Waals surface area contributed by atoms with Gasteiger partial charge < -0.3 is 10.6 Å². The maximum atomic E-state index is 6.47. The second kappa shape index (κ2) is 5.87. The van der Waals surface area contributed by atoms with E-state index in [0.717, 1.165) is 18.4 Å². The fourth-order valence-electron chi connectivity index (χ4n) is 2.93. The highest BCUT2D eigenvalue weighted by Crippen LogP contribution is 2.34. The van der Waals surface area contributed by atoms with Crippen LogP contribution in [-0.4, -0.2) is 24.5 Å². The monoisotopic (exact) mass is 272 g/mol. The normalized spacial score (nSPS) is 20.4. The fraction of sp³-hybridized carbons (Fsp3) is 0.667. The van der Waals surface area contributed by atoms with Crippen molar-refractivity contribution in [1.82, 2.24) is 4.90 Å². The quantitative estimate of drug-likeness (QED) is 0.824. The third-order valence-electron chi connectivity index (χ3n) is 4.84.